The van der Waals surface area contributed by atoms with Crippen LogP contribution in [0.4, 0.5) is 32.0 Å². The van der Waals surface area contributed by atoms with Gasteiger partial charge in [0.05, 0.1) is 0 Å². The van der Waals surface area contributed by atoms with E-state index in [4.69, 9.17) is 5.73 Å². The zero-order valence-electron chi connectivity index (χ0n) is 10.2. The van der Waals surface area contributed by atoms with Gasteiger partial charge in [-0.15, -0.1) is 0 Å². The van der Waals surface area contributed by atoms with Crippen LogP contribution in [0.25, 0.3) is 0 Å². The monoisotopic (exact) mass is 307 g/mol. The number of anilines is 1. The van der Waals surface area contributed by atoms with Crippen molar-refractivity contribution in [1.29, 1.82) is 0 Å². The summed E-state index contributed by atoms with van der Waals surface area (Å²) in [7, 11) is 0. The molecule has 2 aromatic carbocycles. The Hall–Kier alpha value is -2.38. The maximum absolute atomic E-state index is 13.4. The van der Waals surface area contributed by atoms with Crippen molar-refractivity contribution >= 4 is 5.69 Å². The van der Waals surface area contributed by atoms with Gasteiger partial charge >= 0.3 is 0 Å². The molecule has 2 aromatic rings. The van der Waals surface area contributed by atoms with E-state index in [1.54, 1.807) is 0 Å². The lowest BCUT2D eigenvalue weighted by molar-refractivity contribution is 0.250. The molecule has 0 aromatic heterocycles. The lowest BCUT2D eigenvalue weighted by Gasteiger charge is -2.12. The van der Waals surface area contributed by atoms with Gasteiger partial charge in [0, 0.05) is 11.3 Å². The maximum Gasteiger partial charge on any atom is 0.207 e. The second kappa shape index (κ2) is 5.55. The highest BCUT2D eigenvalue weighted by molar-refractivity contribution is 5.47. The lowest BCUT2D eigenvalue weighted by atomic mass is 10.2. The molecule has 2 nitrogen and oxygen atoms in total. The molecule has 0 atom stereocenters. The van der Waals surface area contributed by atoms with E-state index in [1.807, 2.05) is 0 Å². The van der Waals surface area contributed by atoms with Gasteiger partial charge in [0.1, 0.15) is 12.4 Å². The average Bonchev–Trinajstić information content (AvgIpc) is 2.45. The van der Waals surface area contributed by atoms with Crippen LogP contribution in [0.2, 0.25) is 0 Å². The third-order valence-electron chi connectivity index (χ3n) is 2.69. The normalized spacial score (nSPS) is 10.8. The second-order valence-electron chi connectivity index (χ2n) is 4.00. The van der Waals surface area contributed by atoms with Crippen LogP contribution < -0.4 is 10.5 Å². The lowest BCUT2D eigenvalue weighted by Crippen LogP contribution is -2.09. The Kier molecular flexibility index (Phi) is 3.97. The molecule has 0 saturated carbocycles. The first-order valence-electron chi connectivity index (χ1n) is 5.51. The Labute approximate surface area is 114 Å². The van der Waals surface area contributed by atoms with Gasteiger partial charge in [-0.3, -0.25) is 0 Å². The van der Waals surface area contributed by atoms with Gasteiger partial charge in [0.15, 0.2) is 5.75 Å². The molecule has 0 heterocycles. The van der Waals surface area contributed by atoms with Crippen molar-refractivity contribution in [1.82, 2.24) is 0 Å². The van der Waals surface area contributed by atoms with Crippen LogP contribution in [0.5, 0.6) is 5.75 Å². The average molecular weight is 307 g/mol. The predicted octanol–water partition coefficient (Wildman–Crippen LogP) is 3.68. The molecule has 0 radical (unpaired) electrons. The molecular weight excluding hydrogens is 300 g/mol. The van der Waals surface area contributed by atoms with Crippen molar-refractivity contribution in [2.45, 2.75) is 6.61 Å². The fraction of sp³-hybridized carbons (Fsp3) is 0.0769. The highest BCUT2D eigenvalue weighted by Crippen LogP contribution is 2.30. The van der Waals surface area contributed by atoms with Crippen LogP contribution in [0.1, 0.15) is 5.56 Å². The van der Waals surface area contributed by atoms with Crippen molar-refractivity contribution in [2.24, 2.45) is 0 Å². The first kappa shape index (κ1) is 15.0. The van der Waals surface area contributed by atoms with Crippen molar-refractivity contribution < 1.29 is 31.1 Å². The van der Waals surface area contributed by atoms with Crippen LogP contribution >= 0.6 is 0 Å². The van der Waals surface area contributed by atoms with Gasteiger partial charge in [-0.1, -0.05) is 6.07 Å². The molecule has 2 rings (SSSR count). The van der Waals surface area contributed by atoms with Gasteiger partial charge in [-0.05, 0) is 12.1 Å². The molecular formula is C13H7F6NO. The van der Waals surface area contributed by atoms with Crippen molar-refractivity contribution in [3.8, 4) is 5.75 Å². The summed E-state index contributed by atoms with van der Waals surface area (Å²) in [6.45, 7) is -0.795. The number of hydrogen-bond donors (Lipinski definition) is 1. The van der Waals surface area contributed by atoms with Gasteiger partial charge in [0.25, 0.3) is 0 Å². The van der Waals surface area contributed by atoms with Crippen LogP contribution in [-0.4, -0.2) is 0 Å². The van der Waals surface area contributed by atoms with Crippen LogP contribution in [-0.2, 0) is 6.61 Å². The summed E-state index contributed by atoms with van der Waals surface area (Å²) in [4.78, 5) is 0. The van der Waals surface area contributed by atoms with Gasteiger partial charge in [-0.25, -0.2) is 17.6 Å². The van der Waals surface area contributed by atoms with Crippen molar-refractivity contribution in [3.63, 3.8) is 0 Å². The highest BCUT2D eigenvalue weighted by atomic mass is 19.2. The molecule has 0 bridgehead atoms. The molecule has 0 aliphatic carbocycles. The minimum Gasteiger partial charge on any atom is -0.482 e. The number of rotatable bonds is 3. The number of ether oxygens (including phenoxy) is 1. The topological polar surface area (TPSA) is 35.2 Å². The number of nitrogens with two attached hydrogens (primary N) is 1. The summed E-state index contributed by atoms with van der Waals surface area (Å²) in [6, 6.07) is 3.58. The SMILES string of the molecule is Nc1cccc(F)c1COc1c(F)c(F)c(F)c(F)c1F. The third kappa shape index (κ3) is 2.61. The van der Waals surface area contributed by atoms with Crippen LogP contribution in [0.15, 0.2) is 18.2 Å². The van der Waals surface area contributed by atoms with E-state index in [1.165, 1.54) is 12.1 Å². The standard InChI is InChI=1S/C13H7F6NO/c14-6-2-1-3-7(20)5(6)4-21-13-11(18)9(16)8(15)10(17)12(13)19/h1-3H,4,20H2. The smallest absolute Gasteiger partial charge is 0.207 e. The summed E-state index contributed by atoms with van der Waals surface area (Å²) >= 11 is 0. The largest absolute Gasteiger partial charge is 0.482 e. The molecule has 112 valence electrons. The van der Waals surface area contributed by atoms with Gasteiger partial charge in [-0.2, -0.15) is 8.78 Å². The first-order chi connectivity index (χ1) is 9.84. The Morgan fingerprint density at radius 3 is 1.86 bits per heavy atom. The summed E-state index contributed by atoms with van der Waals surface area (Å²) < 4.78 is 83.3. The summed E-state index contributed by atoms with van der Waals surface area (Å²) in [5.41, 5.74) is 5.08. The molecule has 8 heteroatoms. The molecule has 0 spiro atoms. The maximum atomic E-state index is 13.4. The minimum absolute atomic E-state index is 0.0844. The number of hydrogen-bond acceptors (Lipinski definition) is 2. The fourth-order valence-electron chi connectivity index (χ4n) is 1.58. The highest BCUT2D eigenvalue weighted by Gasteiger charge is 2.27. The molecule has 0 aliphatic rings. The molecule has 0 amide bonds. The number of halogens is 6. The zero-order valence-corrected chi connectivity index (χ0v) is 10.2. The Morgan fingerprint density at radius 1 is 0.810 bits per heavy atom. The number of benzene rings is 2. The van der Waals surface area contributed by atoms with Gasteiger partial charge < -0.3 is 10.5 Å². The van der Waals surface area contributed by atoms with E-state index in [0.29, 0.717) is 0 Å². The zero-order chi connectivity index (χ0) is 15.7. The Balaban J connectivity index is 2.37. The van der Waals surface area contributed by atoms with Crippen molar-refractivity contribution in [2.75, 3.05) is 5.73 Å². The first-order valence-corrected chi connectivity index (χ1v) is 5.51. The molecule has 0 saturated heterocycles. The minimum atomic E-state index is -2.30. The third-order valence-corrected chi connectivity index (χ3v) is 2.69. The molecule has 0 aliphatic heterocycles. The van der Waals surface area contributed by atoms with E-state index in [2.05, 4.69) is 4.74 Å². The summed E-state index contributed by atoms with van der Waals surface area (Å²) in [6.07, 6.45) is 0. The Bertz CT molecular complexity index is 654. The molecule has 0 unspecified atom stereocenters. The Morgan fingerprint density at radius 2 is 1.33 bits per heavy atom. The van der Waals surface area contributed by atoms with Gasteiger partial charge in [0.2, 0.25) is 29.1 Å². The van der Waals surface area contributed by atoms with Crippen LogP contribution in [0.3, 0.4) is 0 Å². The van der Waals surface area contributed by atoms with E-state index < -0.39 is 47.3 Å². The van der Waals surface area contributed by atoms with Crippen LogP contribution in [0, 0.1) is 34.9 Å². The van der Waals surface area contributed by atoms with E-state index in [9.17, 15) is 26.3 Å². The fourth-order valence-corrected chi connectivity index (χ4v) is 1.58. The predicted molar refractivity (Wildman–Crippen MR) is 61.4 cm³/mol. The molecule has 2 N–H and O–H groups in total. The summed E-state index contributed by atoms with van der Waals surface area (Å²) in [5, 5.41) is 0. The molecule has 0 fully saturated rings. The number of nitrogen functional groups attached to an aromatic ring is 1. The van der Waals surface area contributed by atoms with Crippen molar-refractivity contribution in [3.05, 3.63) is 58.7 Å². The second-order valence-corrected chi connectivity index (χ2v) is 4.00. The van der Waals surface area contributed by atoms with E-state index in [-0.39, 0.29) is 11.3 Å². The molecule has 21 heavy (non-hydrogen) atoms. The quantitative estimate of drug-likeness (QED) is 0.406. The van der Waals surface area contributed by atoms with E-state index >= 15 is 0 Å². The summed E-state index contributed by atoms with van der Waals surface area (Å²) in [5.74, 6) is -13.2. The van der Waals surface area contributed by atoms with E-state index in [0.717, 1.165) is 6.07 Å².